The fraction of sp³-hybridized carbons (Fsp3) is 1.00. The quantitative estimate of drug-likeness (QED) is 0.176. The molecule has 0 aliphatic rings. The number of hydrogen-bond acceptors (Lipinski definition) is 2. The van der Waals surface area contributed by atoms with Crippen LogP contribution in [-0.4, -0.2) is 22.5 Å². The lowest BCUT2D eigenvalue weighted by atomic mass is 10.0. The normalized spacial score (nSPS) is 12.0. The van der Waals surface area contributed by atoms with E-state index >= 15 is 0 Å². The molecule has 0 heterocycles. The Hall–Kier alpha value is 0.110. The van der Waals surface area contributed by atoms with Crippen LogP contribution in [0.5, 0.6) is 0 Å². The van der Waals surface area contributed by atoms with Crippen molar-refractivity contribution in [3.05, 3.63) is 0 Å². The van der Waals surface area contributed by atoms with Gasteiger partial charge in [0.2, 0.25) is 0 Å². The molecular formula is C20H44NO3P. The first kappa shape index (κ1) is 25.1. The minimum absolute atomic E-state index is 0.0568. The van der Waals surface area contributed by atoms with Crippen LogP contribution >= 0.6 is 7.60 Å². The van der Waals surface area contributed by atoms with E-state index in [4.69, 9.17) is 15.5 Å². The smallest absolute Gasteiger partial charge is 0.325 e. The predicted octanol–water partition coefficient (Wildman–Crippen LogP) is 6.14. The third-order valence-corrected chi connectivity index (χ3v) is 5.80. The summed E-state index contributed by atoms with van der Waals surface area (Å²) in [5.41, 5.74) is 5.49. The van der Waals surface area contributed by atoms with Gasteiger partial charge >= 0.3 is 7.60 Å². The molecule has 0 aromatic carbocycles. The van der Waals surface area contributed by atoms with Gasteiger partial charge in [-0.2, -0.15) is 0 Å². The van der Waals surface area contributed by atoms with E-state index in [-0.39, 0.29) is 6.16 Å². The first-order valence-electron chi connectivity index (χ1n) is 10.8. The van der Waals surface area contributed by atoms with E-state index in [1.54, 1.807) is 0 Å². The van der Waals surface area contributed by atoms with E-state index in [2.05, 4.69) is 0 Å². The third-order valence-electron chi connectivity index (χ3n) is 4.90. The maximum atomic E-state index is 10.7. The summed E-state index contributed by atoms with van der Waals surface area (Å²) >= 11 is 0. The van der Waals surface area contributed by atoms with Crippen molar-refractivity contribution in [2.24, 2.45) is 5.73 Å². The summed E-state index contributed by atoms with van der Waals surface area (Å²) < 4.78 is 10.7. The second-order valence-electron chi connectivity index (χ2n) is 7.54. The highest BCUT2D eigenvalue weighted by Gasteiger charge is 2.10. The van der Waals surface area contributed by atoms with Crippen LogP contribution in [-0.2, 0) is 4.57 Å². The predicted molar refractivity (Wildman–Crippen MR) is 109 cm³/mol. The monoisotopic (exact) mass is 377 g/mol. The minimum Gasteiger partial charge on any atom is -0.330 e. The van der Waals surface area contributed by atoms with Gasteiger partial charge in [-0.25, -0.2) is 0 Å². The highest BCUT2D eigenvalue weighted by Crippen LogP contribution is 2.35. The van der Waals surface area contributed by atoms with Gasteiger partial charge in [0, 0.05) is 6.16 Å². The van der Waals surface area contributed by atoms with Crippen LogP contribution in [0, 0.1) is 0 Å². The molecule has 0 spiro atoms. The molecule has 0 rings (SSSR count). The molecule has 25 heavy (non-hydrogen) atoms. The van der Waals surface area contributed by atoms with Crippen molar-refractivity contribution < 1.29 is 14.4 Å². The molecule has 0 aliphatic heterocycles. The van der Waals surface area contributed by atoms with Crippen LogP contribution < -0.4 is 5.73 Å². The summed E-state index contributed by atoms with van der Waals surface area (Å²) in [5.74, 6) is 0. The first-order chi connectivity index (χ1) is 12.1. The number of rotatable bonds is 20. The van der Waals surface area contributed by atoms with E-state index in [0.29, 0.717) is 6.42 Å². The topological polar surface area (TPSA) is 83.6 Å². The Bertz CT molecular complexity index is 307. The van der Waals surface area contributed by atoms with Gasteiger partial charge in [0.25, 0.3) is 0 Å². The van der Waals surface area contributed by atoms with Gasteiger partial charge < -0.3 is 15.5 Å². The lowest BCUT2D eigenvalue weighted by Crippen LogP contribution is -1.97. The number of hydrogen-bond donors (Lipinski definition) is 3. The van der Waals surface area contributed by atoms with Crippen molar-refractivity contribution in [1.82, 2.24) is 0 Å². The van der Waals surface area contributed by atoms with Crippen LogP contribution in [0.2, 0.25) is 0 Å². The molecule has 5 heteroatoms. The highest BCUT2D eigenvalue weighted by atomic mass is 31.2. The van der Waals surface area contributed by atoms with Crippen molar-refractivity contribution in [3.8, 4) is 0 Å². The van der Waals surface area contributed by atoms with Crippen molar-refractivity contribution >= 4 is 7.60 Å². The third kappa shape index (κ3) is 24.1. The Labute approximate surface area is 156 Å². The Morgan fingerprint density at radius 1 is 0.480 bits per heavy atom. The zero-order valence-electron chi connectivity index (χ0n) is 16.5. The minimum atomic E-state index is -3.76. The lowest BCUT2D eigenvalue weighted by Gasteiger charge is -2.04. The Kier molecular flexibility index (Phi) is 19.0. The Morgan fingerprint density at radius 2 is 0.720 bits per heavy atom. The molecule has 0 unspecified atom stereocenters. The van der Waals surface area contributed by atoms with Crippen LogP contribution in [0.3, 0.4) is 0 Å². The Morgan fingerprint density at radius 3 is 0.960 bits per heavy atom. The SMILES string of the molecule is NCCCCCCCCCCCCCCCCCCCCP(=O)(O)O. The van der Waals surface area contributed by atoms with Gasteiger partial charge in [0.1, 0.15) is 0 Å². The summed E-state index contributed by atoms with van der Waals surface area (Å²) in [4.78, 5) is 17.5. The summed E-state index contributed by atoms with van der Waals surface area (Å²) in [6.07, 6.45) is 23.0. The van der Waals surface area contributed by atoms with Crippen molar-refractivity contribution in [1.29, 1.82) is 0 Å². The van der Waals surface area contributed by atoms with E-state index in [9.17, 15) is 4.57 Å². The van der Waals surface area contributed by atoms with Gasteiger partial charge in [-0.05, 0) is 19.4 Å². The summed E-state index contributed by atoms with van der Waals surface area (Å²) in [6.45, 7) is 0.847. The number of nitrogens with two attached hydrogens (primary N) is 1. The largest absolute Gasteiger partial charge is 0.330 e. The number of unbranched alkanes of at least 4 members (excludes halogenated alkanes) is 17. The molecule has 0 saturated heterocycles. The van der Waals surface area contributed by atoms with Crippen LogP contribution in [0.1, 0.15) is 116 Å². The second kappa shape index (κ2) is 18.9. The lowest BCUT2D eigenvalue weighted by molar-refractivity contribution is 0.370. The van der Waals surface area contributed by atoms with Crippen LogP contribution in [0.15, 0.2) is 0 Å². The van der Waals surface area contributed by atoms with Crippen LogP contribution in [0.25, 0.3) is 0 Å². The molecule has 0 fully saturated rings. The molecular weight excluding hydrogens is 333 g/mol. The summed E-state index contributed by atoms with van der Waals surface area (Å²) in [6, 6.07) is 0. The fourth-order valence-corrected chi connectivity index (χ4v) is 3.93. The average Bonchev–Trinajstić information content (AvgIpc) is 2.56. The van der Waals surface area contributed by atoms with Gasteiger partial charge in [-0.3, -0.25) is 4.57 Å². The van der Waals surface area contributed by atoms with Crippen molar-refractivity contribution in [2.75, 3.05) is 12.7 Å². The maximum Gasteiger partial charge on any atom is 0.325 e. The molecule has 0 radical (unpaired) electrons. The van der Waals surface area contributed by atoms with Crippen molar-refractivity contribution in [2.45, 2.75) is 116 Å². The van der Waals surface area contributed by atoms with E-state index < -0.39 is 7.60 Å². The molecule has 0 amide bonds. The average molecular weight is 378 g/mol. The summed E-state index contributed by atoms with van der Waals surface area (Å²) in [7, 11) is -3.76. The zero-order valence-corrected chi connectivity index (χ0v) is 17.4. The van der Waals surface area contributed by atoms with Gasteiger partial charge in [0.05, 0.1) is 0 Å². The molecule has 4 nitrogen and oxygen atoms in total. The molecule has 152 valence electrons. The summed E-state index contributed by atoms with van der Waals surface area (Å²) in [5, 5.41) is 0. The van der Waals surface area contributed by atoms with Crippen molar-refractivity contribution in [3.63, 3.8) is 0 Å². The zero-order chi connectivity index (χ0) is 18.6. The molecule has 0 atom stereocenters. The molecule has 0 aromatic rings. The first-order valence-corrected chi connectivity index (χ1v) is 12.6. The fourth-order valence-electron chi connectivity index (χ4n) is 3.29. The molecule has 4 N–H and O–H groups in total. The van der Waals surface area contributed by atoms with E-state index in [0.717, 1.165) is 19.4 Å². The van der Waals surface area contributed by atoms with Gasteiger partial charge in [-0.15, -0.1) is 0 Å². The highest BCUT2D eigenvalue weighted by molar-refractivity contribution is 7.51. The second-order valence-corrected chi connectivity index (χ2v) is 9.32. The Balaban J connectivity index is 3.02. The molecule has 0 aliphatic carbocycles. The molecule has 0 bridgehead atoms. The van der Waals surface area contributed by atoms with Gasteiger partial charge in [-0.1, -0.05) is 103 Å². The van der Waals surface area contributed by atoms with Gasteiger partial charge in [0.15, 0.2) is 0 Å². The van der Waals surface area contributed by atoms with Crippen LogP contribution in [0.4, 0.5) is 0 Å². The molecule has 0 aromatic heterocycles. The molecule has 0 saturated carbocycles. The maximum absolute atomic E-state index is 10.7. The van der Waals surface area contributed by atoms with E-state index in [1.165, 1.54) is 96.3 Å². The standard InChI is InChI=1S/C20H44NO3P/c21-19-17-15-13-11-9-7-5-3-1-2-4-6-8-10-12-14-16-18-20-25(22,23)24/h1-21H2,(H2,22,23,24). The van der Waals surface area contributed by atoms with E-state index in [1.807, 2.05) is 0 Å².